The van der Waals surface area contributed by atoms with E-state index in [0.717, 1.165) is 12.1 Å². The van der Waals surface area contributed by atoms with Gasteiger partial charge in [-0.05, 0) is 24.3 Å². The van der Waals surface area contributed by atoms with E-state index in [1.54, 1.807) is 12.1 Å². The van der Waals surface area contributed by atoms with Gasteiger partial charge in [0.25, 0.3) is 5.91 Å². The number of halogens is 2. The van der Waals surface area contributed by atoms with Crippen LogP contribution in [0, 0.1) is 11.6 Å². The van der Waals surface area contributed by atoms with Gasteiger partial charge in [0.2, 0.25) is 5.91 Å². The lowest BCUT2D eigenvalue weighted by Gasteiger charge is -2.21. The van der Waals surface area contributed by atoms with Crippen LogP contribution in [0.5, 0.6) is 0 Å². The van der Waals surface area contributed by atoms with Crippen LogP contribution in [0.1, 0.15) is 16.1 Å². The minimum absolute atomic E-state index is 0.218. The summed E-state index contributed by atoms with van der Waals surface area (Å²) in [7, 11) is 1.51. The number of rotatable bonds is 8. The van der Waals surface area contributed by atoms with Gasteiger partial charge in [-0.1, -0.05) is 0 Å². The zero-order valence-electron chi connectivity index (χ0n) is 13.6. The lowest BCUT2D eigenvalue weighted by Crippen LogP contribution is -2.41. The van der Waals surface area contributed by atoms with Gasteiger partial charge in [0.1, 0.15) is 17.4 Å². The summed E-state index contributed by atoms with van der Waals surface area (Å²) in [6, 6.07) is 6.03. The van der Waals surface area contributed by atoms with Crippen LogP contribution in [0.25, 0.3) is 0 Å². The molecule has 0 radical (unpaired) electrons. The zero-order chi connectivity index (χ0) is 18.2. The minimum Gasteiger partial charge on any atom is -0.467 e. The highest BCUT2D eigenvalue weighted by atomic mass is 19.1. The largest absolute Gasteiger partial charge is 0.467 e. The molecule has 0 atom stereocenters. The smallest absolute Gasteiger partial charge is 0.254 e. The molecule has 1 aromatic heterocycles. The number of ether oxygens (including phenoxy) is 1. The van der Waals surface area contributed by atoms with E-state index in [2.05, 4.69) is 5.32 Å². The Morgan fingerprint density at radius 1 is 1.28 bits per heavy atom. The van der Waals surface area contributed by atoms with E-state index in [1.165, 1.54) is 18.3 Å². The van der Waals surface area contributed by atoms with Gasteiger partial charge in [-0.25, -0.2) is 8.78 Å². The molecule has 0 aliphatic carbocycles. The molecule has 2 aromatic rings. The number of methoxy groups -OCH3 is 1. The molecule has 2 rings (SSSR count). The minimum atomic E-state index is -0.989. The number of benzene rings is 1. The lowest BCUT2D eigenvalue weighted by atomic mass is 10.2. The molecule has 25 heavy (non-hydrogen) atoms. The van der Waals surface area contributed by atoms with E-state index >= 15 is 0 Å². The Hall–Kier alpha value is -2.74. The van der Waals surface area contributed by atoms with E-state index in [0.29, 0.717) is 25.0 Å². The van der Waals surface area contributed by atoms with E-state index in [9.17, 15) is 18.4 Å². The molecule has 0 unspecified atom stereocenters. The Morgan fingerprint density at radius 3 is 2.72 bits per heavy atom. The number of carbonyl (C=O) groups is 2. The summed E-state index contributed by atoms with van der Waals surface area (Å²) in [6.07, 6.45) is 1.49. The maximum absolute atomic E-state index is 13.6. The molecule has 134 valence electrons. The number of nitrogens with one attached hydrogen (secondary N) is 1. The molecular weight excluding hydrogens is 334 g/mol. The Bertz CT molecular complexity index is 719. The molecule has 2 amide bonds. The maximum atomic E-state index is 13.6. The van der Waals surface area contributed by atoms with Crippen LogP contribution >= 0.6 is 0 Å². The molecule has 0 saturated carbocycles. The summed E-state index contributed by atoms with van der Waals surface area (Å²) in [4.78, 5) is 25.7. The van der Waals surface area contributed by atoms with Gasteiger partial charge in [-0.3, -0.25) is 9.59 Å². The summed E-state index contributed by atoms with van der Waals surface area (Å²) in [5.41, 5.74) is -0.330. The van der Waals surface area contributed by atoms with Gasteiger partial charge < -0.3 is 19.4 Å². The molecule has 1 aromatic carbocycles. The molecule has 1 heterocycles. The van der Waals surface area contributed by atoms with Crippen molar-refractivity contribution < 1.29 is 27.5 Å². The molecule has 0 aliphatic rings. The van der Waals surface area contributed by atoms with Crippen molar-refractivity contribution in [1.29, 1.82) is 0 Å². The average Bonchev–Trinajstić information content (AvgIpc) is 3.09. The highest BCUT2D eigenvalue weighted by molar-refractivity contribution is 5.96. The van der Waals surface area contributed by atoms with E-state index in [-0.39, 0.29) is 24.6 Å². The van der Waals surface area contributed by atoms with Crippen molar-refractivity contribution in [2.45, 2.75) is 6.54 Å². The second-order valence-corrected chi connectivity index (χ2v) is 5.19. The van der Waals surface area contributed by atoms with Gasteiger partial charge in [0.15, 0.2) is 0 Å². The third-order valence-corrected chi connectivity index (χ3v) is 3.42. The van der Waals surface area contributed by atoms with Crippen molar-refractivity contribution in [3.63, 3.8) is 0 Å². The topological polar surface area (TPSA) is 71.8 Å². The predicted molar refractivity (Wildman–Crippen MR) is 84.7 cm³/mol. The van der Waals surface area contributed by atoms with Crippen LogP contribution in [0.3, 0.4) is 0 Å². The molecular formula is C17H18F2N2O4. The van der Waals surface area contributed by atoms with Gasteiger partial charge in [-0.15, -0.1) is 0 Å². The molecule has 0 saturated heterocycles. The van der Waals surface area contributed by atoms with Gasteiger partial charge >= 0.3 is 0 Å². The second-order valence-electron chi connectivity index (χ2n) is 5.19. The number of furan rings is 1. The fourth-order valence-electron chi connectivity index (χ4n) is 2.12. The van der Waals surface area contributed by atoms with Crippen molar-refractivity contribution in [3.05, 3.63) is 59.6 Å². The number of hydrogen-bond acceptors (Lipinski definition) is 4. The fraction of sp³-hybridized carbons (Fsp3) is 0.294. The van der Waals surface area contributed by atoms with Crippen LogP contribution in [0.2, 0.25) is 0 Å². The van der Waals surface area contributed by atoms with Crippen molar-refractivity contribution in [1.82, 2.24) is 10.2 Å². The molecule has 8 heteroatoms. The molecule has 1 N–H and O–H groups in total. The predicted octanol–water partition coefficient (Wildman–Crippen LogP) is 1.96. The van der Waals surface area contributed by atoms with Crippen molar-refractivity contribution in [2.24, 2.45) is 0 Å². The second kappa shape index (κ2) is 8.93. The first-order chi connectivity index (χ1) is 12.0. The van der Waals surface area contributed by atoms with E-state index < -0.39 is 17.5 Å². The third-order valence-electron chi connectivity index (χ3n) is 3.42. The monoisotopic (exact) mass is 352 g/mol. The fourth-order valence-corrected chi connectivity index (χ4v) is 2.12. The average molecular weight is 352 g/mol. The van der Waals surface area contributed by atoms with Crippen LogP contribution in [-0.4, -0.2) is 43.5 Å². The summed E-state index contributed by atoms with van der Waals surface area (Å²) in [5, 5.41) is 2.33. The Balaban J connectivity index is 1.96. The Kier molecular flexibility index (Phi) is 6.64. The van der Waals surface area contributed by atoms with Gasteiger partial charge in [-0.2, -0.15) is 0 Å². The molecule has 6 nitrogen and oxygen atoms in total. The van der Waals surface area contributed by atoms with Crippen molar-refractivity contribution in [2.75, 3.05) is 26.8 Å². The van der Waals surface area contributed by atoms with Crippen molar-refractivity contribution in [3.8, 4) is 0 Å². The first kappa shape index (κ1) is 18.6. The van der Waals surface area contributed by atoms with E-state index in [4.69, 9.17) is 9.15 Å². The quantitative estimate of drug-likeness (QED) is 0.788. The number of hydrogen-bond donors (Lipinski definition) is 1. The Labute approximate surface area is 143 Å². The molecule has 0 aliphatic heterocycles. The standard InChI is InChI=1S/C17H18F2N2O4/c1-24-8-6-21(11-13-3-2-7-25-13)16(22)10-20-17(23)14-5-4-12(18)9-15(14)19/h2-5,7,9H,6,8,10-11H2,1H3,(H,20,23). The van der Waals surface area contributed by atoms with E-state index in [1.807, 2.05) is 0 Å². The lowest BCUT2D eigenvalue weighted by molar-refractivity contribution is -0.131. The van der Waals surface area contributed by atoms with Crippen LogP contribution in [0.4, 0.5) is 8.78 Å². The highest BCUT2D eigenvalue weighted by Gasteiger charge is 2.18. The number of carbonyl (C=O) groups excluding carboxylic acids is 2. The number of amides is 2. The van der Waals surface area contributed by atoms with Gasteiger partial charge in [0.05, 0.1) is 31.5 Å². The molecule has 0 spiro atoms. The van der Waals surface area contributed by atoms with Gasteiger partial charge in [0, 0.05) is 19.7 Å². The molecule has 0 bridgehead atoms. The highest BCUT2D eigenvalue weighted by Crippen LogP contribution is 2.09. The van der Waals surface area contributed by atoms with Crippen LogP contribution in [0.15, 0.2) is 41.0 Å². The summed E-state index contributed by atoms with van der Waals surface area (Å²) < 4.78 is 36.6. The Morgan fingerprint density at radius 2 is 2.08 bits per heavy atom. The summed E-state index contributed by atoms with van der Waals surface area (Å²) in [6.45, 7) is 0.500. The summed E-state index contributed by atoms with van der Waals surface area (Å²) in [5.74, 6) is -2.37. The summed E-state index contributed by atoms with van der Waals surface area (Å²) >= 11 is 0. The van der Waals surface area contributed by atoms with Crippen LogP contribution < -0.4 is 5.32 Å². The van der Waals surface area contributed by atoms with Crippen LogP contribution in [-0.2, 0) is 16.1 Å². The zero-order valence-corrected chi connectivity index (χ0v) is 13.6. The maximum Gasteiger partial charge on any atom is 0.254 e. The van der Waals surface area contributed by atoms with Crippen molar-refractivity contribution >= 4 is 11.8 Å². The SMILES string of the molecule is COCCN(Cc1ccco1)C(=O)CNC(=O)c1ccc(F)cc1F. The number of nitrogens with zero attached hydrogens (tertiary/aromatic N) is 1. The normalized spacial score (nSPS) is 10.5. The molecule has 0 fully saturated rings. The first-order valence-electron chi connectivity index (χ1n) is 7.53. The first-order valence-corrected chi connectivity index (χ1v) is 7.53. The third kappa shape index (κ3) is 5.39.